The van der Waals surface area contributed by atoms with Crippen LogP contribution in [0.15, 0.2) is 60.7 Å². The van der Waals surface area contributed by atoms with Crippen LogP contribution in [0.25, 0.3) is 0 Å². The number of aliphatic hydroxyl groups excluding tert-OH is 1. The lowest BCUT2D eigenvalue weighted by molar-refractivity contribution is -0.694. The molecule has 2 aromatic carbocycles. The minimum Gasteiger partial charge on any atom is -1.00 e. The summed E-state index contributed by atoms with van der Waals surface area (Å²) < 4.78 is 0. The average molecular weight is 334 g/mol. The first-order chi connectivity index (χ1) is 10.7. The van der Waals surface area contributed by atoms with Crippen molar-refractivity contribution in [2.24, 2.45) is 0 Å². The molecule has 2 aromatic rings. The molecule has 0 aromatic heterocycles. The van der Waals surface area contributed by atoms with E-state index in [1.54, 1.807) is 0 Å². The summed E-state index contributed by atoms with van der Waals surface area (Å²) in [6.07, 6.45) is 0.889. The average Bonchev–Trinajstić information content (AvgIpc) is 2.59. The van der Waals surface area contributed by atoms with Gasteiger partial charge in [-0.05, 0) is 12.5 Å². The van der Waals surface area contributed by atoms with E-state index in [2.05, 4.69) is 5.32 Å². The molecule has 0 spiro atoms. The molecule has 3 N–H and O–H groups in total. The Labute approximate surface area is 144 Å². The lowest BCUT2D eigenvalue weighted by Gasteiger charge is -2.17. The Morgan fingerprint density at radius 2 is 1.61 bits per heavy atom. The molecule has 4 heteroatoms. The Hall–Kier alpha value is -1.68. The molecule has 0 aliphatic rings. The van der Waals surface area contributed by atoms with Crippen molar-refractivity contribution in [1.29, 1.82) is 0 Å². The normalized spacial score (nSPS) is 13.0. The molecule has 3 nitrogen and oxygen atoms in total. The van der Waals surface area contributed by atoms with E-state index in [0.717, 1.165) is 24.1 Å². The number of ketones is 1. The van der Waals surface area contributed by atoms with Gasteiger partial charge in [0.2, 0.25) is 0 Å². The first-order valence-corrected chi connectivity index (χ1v) is 7.83. The minimum atomic E-state index is -0.481. The lowest BCUT2D eigenvalue weighted by atomic mass is 10.0. The number of benzene rings is 2. The minimum absolute atomic E-state index is 0. The first-order valence-electron chi connectivity index (χ1n) is 7.83. The number of hydrogen-bond donors (Lipinski definition) is 2. The van der Waals surface area contributed by atoms with Crippen LogP contribution in [0, 0.1) is 0 Å². The smallest absolute Gasteiger partial charge is 0.163 e. The molecule has 124 valence electrons. The predicted molar refractivity (Wildman–Crippen MR) is 87.7 cm³/mol. The maximum atomic E-state index is 12.0. The van der Waals surface area contributed by atoms with E-state index < -0.39 is 6.10 Å². The van der Waals surface area contributed by atoms with Gasteiger partial charge in [0.15, 0.2) is 5.78 Å². The summed E-state index contributed by atoms with van der Waals surface area (Å²) in [5.74, 6) is 0.185. The highest BCUT2D eigenvalue weighted by atomic mass is 35.5. The maximum Gasteiger partial charge on any atom is 0.163 e. The second-order valence-corrected chi connectivity index (χ2v) is 5.63. The van der Waals surface area contributed by atoms with Gasteiger partial charge in [0.05, 0.1) is 6.54 Å². The molecule has 0 saturated carbocycles. The Balaban J connectivity index is 0.00000264. The molecular formula is C19H24ClNO2. The van der Waals surface area contributed by atoms with E-state index in [0.29, 0.717) is 6.42 Å². The quantitative estimate of drug-likeness (QED) is 0.498. The van der Waals surface area contributed by atoms with Gasteiger partial charge in [-0.15, -0.1) is 0 Å². The number of carbonyl (C=O) groups is 1. The van der Waals surface area contributed by atoms with Gasteiger partial charge in [-0.25, -0.2) is 0 Å². The highest BCUT2D eigenvalue weighted by molar-refractivity contribution is 5.95. The lowest BCUT2D eigenvalue weighted by Crippen LogP contribution is -3.00. The van der Waals surface area contributed by atoms with E-state index in [1.165, 1.54) is 0 Å². The summed E-state index contributed by atoms with van der Waals surface area (Å²) in [6.45, 7) is 2.85. The highest BCUT2D eigenvalue weighted by Gasteiger charge is 2.18. The van der Waals surface area contributed by atoms with Gasteiger partial charge in [0, 0.05) is 18.4 Å². The molecule has 2 rings (SSSR count). The van der Waals surface area contributed by atoms with E-state index in [4.69, 9.17) is 0 Å². The van der Waals surface area contributed by atoms with Gasteiger partial charge in [-0.3, -0.25) is 4.79 Å². The van der Waals surface area contributed by atoms with Gasteiger partial charge in [0.1, 0.15) is 12.1 Å². The fourth-order valence-corrected chi connectivity index (χ4v) is 2.49. The van der Waals surface area contributed by atoms with Crippen molar-refractivity contribution in [3.05, 3.63) is 71.8 Å². The van der Waals surface area contributed by atoms with Gasteiger partial charge in [0.25, 0.3) is 0 Å². The molecule has 0 saturated heterocycles. The largest absolute Gasteiger partial charge is 1.00 e. The van der Waals surface area contributed by atoms with Crippen LogP contribution in [0.4, 0.5) is 0 Å². The van der Waals surface area contributed by atoms with Gasteiger partial charge in [-0.2, -0.15) is 0 Å². The van der Waals surface area contributed by atoms with Crippen LogP contribution in [-0.4, -0.2) is 23.5 Å². The fraction of sp³-hybridized carbons (Fsp3) is 0.316. The van der Waals surface area contributed by atoms with Crippen LogP contribution in [0.5, 0.6) is 0 Å². The molecule has 0 heterocycles. The number of hydrogen-bond acceptors (Lipinski definition) is 2. The van der Waals surface area contributed by atoms with Gasteiger partial charge < -0.3 is 22.8 Å². The Morgan fingerprint density at radius 1 is 1.04 bits per heavy atom. The van der Waals surface area contributed by atoms with Crippen molar-refractivity contribution < 1.29 is 27.6 Å². The first kappa shape index (κ1) is 19.4. The third-order valence-corrected chi connectivity index (χ3v) is 3.88. The zero-order valence-electron chi connectivity index (χ0n) is 13.4. The third kappa shape index (κ3) is 6.14. The zero-order chi connectivity index (χ0) is 15.8. The zero-order valence-corrected chi connectivity index (χ0v) is 14.1. The second kappa shape index (κ2) is 10.2. The van der Waals surface area contributed by atoms with E-state index in [9.17, 15) is 9.90 Å². The number of nitrogens with two attached hydrogens (primary N) is 1. The van der Waals surface area contributed by atoms with E-state index in [1.807, 2.05) is 67.6 Å². The number of quaternary nitrogens is 1. The van der Waals surface area contributed by atoms with Crippen molar-refractivity contribution >= 4 is 5.78 Å². The van der Waals surface area contributed by atoms with Crippen LogP contribution in [-0.2, 0) is 0 Å². The van der Waals surface area contributed by atoms with Crippen LogP contribution in [0.2, 0.25) is 0 Å². The van der Waals surface area contributed by atoms with Crippen molar-refractivity contribution in [2.75, 3.05) is 6.54 Å². The van der Waals surface area contributed by atoms with Crippen molar-refractivity contribution in [3.8, 4) is 0 Å². The van der Waals surface area contributed by atoms with Crippen LogP contribution >= 0.6 is 0 Å². The number of aliphatic hydroxyl groups is 1. The topological polar surface area (TPSA) is 53.9 Å². The standard InChI is InChI=1S/C19H23NO2.ClH/c1-15(19(22)17-11-6-3-7-12-17)20-14-8-13-18(21)16-9-4-2-5-10-16;/h2-7,9-12,15,19-20,22H,8,13-14H2,1H3;1H. The molecular weight excluding hydrogens is 310 g/mol. The number of Topliss-reactive ketones (excluding diaryl/α,β-unsaturated/α-hetero) is 1. The van der Waals surface area contributed by atoms with Crippen LogP contribution in [0.3, 0.4) is 0 Å². The van der Waals surface area contributed by atoms with Gasteiger partial charge in [-0.1, -0.05) is 60.7 Å². The van der Waals surface area contributed by atoms with Crippen molar-refractivity contribution in [2.45, 2.75) is 31.9 Å². The van der Waals surface area contributed by atoms with E-state index in [-0.39, 0.29) is 24.2 Å². The van der Waals surface area contributed by atoms with Gasteiger partial charge >= 0.3 is 0 Å². The third-order valence-electron chi connectivity index (χ3n) is 3.88. The van der Waals surface area contributed by atoms with Crippen molar-refractivity contribution in [3.63, 3.8) is 0 Å². The molecule has 2 atom stereocenters. The van der Waals surface area contributed by atoms with Crippen LogP contribution in [0.1, 0.15) is 41.8 Å². The SMILES string of the molecule is CC([NH2+]CCCC(=O)c1ccccc1)C(O)c1ccccc1.[Cl-]. The summed E-state index contributed by atoms with van der Waals surface area (Å²) in [7, 11) is 0. The summed E-state index contributed by atoms with van der Waals surface area (Å²) >= 11 is 0. The number of rotatable bonds is 8. The molecule has 23 heavy (non-hydrogen) atoms. The highest BCUT2D eigenvalue weighted by Crippen LogP contribution is 2.13. The molecule has 0 fully saturated rings. The fourth-order valence-electron chi connectivity index (χ4n) is 2.49. The number of carbonyl (C=O) groups excluding carboxylic acids is 1. The van der Waals surface area contributed by atoms with E-state index >= 15 is 0 Å². The summed E-state index contributed by atoms with van der Waals surface area (Å²) in [5, 5.41) is 12.4. The summed E-state index contributed by atoms with van der Waals surface area (Å²) in [6, 6.07) is 19.2. The molecule has 0 amide bonds. The molecule has 0 aliphatic heterocycles. The van der Waals surface area contributed by atoms with Crippen LogP contribution < -0.4 is 17.7 Å². The monoisotopic (exact) mass is 333 g/mol. The second-order valence-electron chi connectivity index (χ2n) is 5.63. The molecule has 0 bridgehead atoms. The predicted octanol–water partition coefficient (Wildman–Crippen LogP) is -0.661. The van der Waals surface area contributed by atoms with Crippen molar-refractivity contribution in [1.82, 2.24) is 0 Å². The molecule has 2 unspecified atom stereocenters. The Kier molecular flexibility index (Phi) is 8.56. The Bertz CT molecular complexity index is 574. The number of halogens is 1. The summed E-state index contributed by atoms with van der Waals surface area (Å²) in [4.78, 5) is 12.0. The Morgan fingerprint density at radius 3 is 2.22 bits per heavy atom. The maximum absolute atomic E-state index is 12.0. The summed E-state index contributed by atoms with van der Waals surface area (Å²) in [5.41, 5.74) is 1.71. The molecule has 0 aliphatic carbocycles. The molecule has 0 radical (unpaired) electrons.